The van der Waals surface area contributed by atoms with Crippen LogP contribution in [0.1, 0.15) is 19.8 Å². The van der Waals surface area contributed by atoms with Crippen LogP contribution < -0.4 is 11.1 Å². The normalized spacial score (nSPS) is 18.7. The molecule has 0 bridgehead atoms. The Morgan fingerprint density at radius 2 is 2.22 bits per heavy atom. The molecule has 1 saturated heterocycles. The molecule has 1 amide bonds. The average Bonchev–Trinajstić information content (AvgIpc) is 3.19. The van der Waals surface area contributed by atoms with Gasteiger partial charge in [-0.2, -0.15) is 4.68 Å². The standard InChI is InChI=1S/C16H19N3O4/c1-11(13-8-5-9-22-13)17-14(20)10-19-16(21)23-15(18-19)12-6-3-2-4-7-12/h2-4,6-7,11,13H,5,8-10H2,1H3,(H,17,20). The second-order valence-electron chi connectivity index (χ2n) is 5.60. The number of carbonyl (C=O) groups excluding carboxylic acids is 1. The topological polar surface area (TPSA) is 86.4 Å². The zero-order chi connectivity index (χ0) is 16.2. The van der Waals surface area contributed by atoms with Crippen molar-refractivity contribution in [2.75, 3.05) is 6.61 Å². The zero-order valence-corrected chi connectivity index (χ0v) is 12.9. The first kappa shape index (κ1) is 15.5. The lowest BCUT2D eigenvalue weighted by Gasteiger charge is -2.19. The van der Waals surface area contributed by atoms with Gasteiger partial charge in [-0.1, -0.05) is 18.2 Å². The van der Waals surface area contributed by atoms with Crippen molar-refractivity contribution in [2.24, 2.45) is 0 Å². The van der Waals surface area contributed by atoms with Crippen LogP contribution in [0.2, 0.25) is 0 Å². The highest BCUT2D eigenvalue weighted by atomic mass is 16.5. The Kier molecular flexibility index (Phi) is 4.57. The number of hydrogen-bond donors (Lipinski definition) is 1. The van der Waals surface area contributed by atoms with E-state index in [1.165, 1.54) is 0 Å². The molecule has 1 aliphatic heterocycles. The first-order chi connectivity index (χ1) is 11.1. The van der Waals surface area contributed by atoms with Crippen molar-refractivity contribution in [3.63, 3.8) is 0 Å². The molecule has 2 heterocycles. The van der Waals surface area contributed by atoms with Gasteiger partial charge < -0.3 is 14.5 Å². The van der Waals surface area contributed by atoms with E-state index >= 15 is 0 Å². The van der Waals surface area contributed by atoms with E-state index in [1.54, 1.807) is 12.1 Å². The third-order valence-electron chi connectivity index (χ3n) is 3.83. The van der Waals surface area contributed by atoms with Crippen LogP contribution in [0, 0.1) is 0 Å². The smallest absolute Gasteiger partial charge is 0.388 e. The van der Waals surface area contributed by atoms with Crippen molar-refractivity contribution in [1.29, 1.82) is 0 Å². The molecule has 3 rings (SSSR count). The minimum atomic E-state index is -0.649. The molecule has 2 unspecified atom stereocenters. The summed E-state index contributed by atoms with van der Waals surface area (Å²) in [6, 6.07) is 8.98. The van der Waals surface area contributed by atoms with E-state index in [4.69, 9.17) is 9.15 Å². The molecule has 2 atom stereocenters. The Morgan fingerprint density at radius 1 is 1.43 bits per heavy atom. The molecule has 1 aliphatic rings. The summed E-state index contributed by atoms with van der Waals surface area (Å²) in [4.78, 5) is 23.9. The quantitative estimate of drug-likeness (QED) is 0.895. The molecule has 7 nitrogen and oxygen atoms in total. The minimum Gasteiger partial charge on any atom is -0.388 e. The van der Waals surface area contributed by atoms with Gasteiger partial charge in [0.15, 0.2) is 0 Å². The van der Waals surface area contributed by atoms with Gasteiger partial charge in [0.05, 0.1) is 12.1 Å². The van der Waals surface area contributed by atoms with Crippen molar-refractivity contribution in [2.45, 2.75) is 38.5 Å². The molecule has 0 spiro atoms. The number of aromatic nitrogens is 2. The molecule has 1 fully saturated rings. The van der Waals surface area contributed by atoms with E-state index in [9.17, 15) is 9.59 Å². The number of nitrogens with zero attached hydrogens (tertiary/aromatic N) is 2. The van der Waals surface area contributed by atoms with E-state index in [1.807, 2.05) is 25.1 Å². The monoisotopic (exact) mass is 317 g/mol. The van der Waals surface area contributed by atoms with E-state index in [0.717, 1.165) is 24.1 Å². The van der Waals surface area contributed by atoms with Crippen LogP contribution >= 0.6 is 0 Å². The van der Waals surface area contributed by atoms with Crippen LogP contribution in [0.4, 0.5) is 0 Å². The molecular weight excluding hydrogens is 298 g/mol. The van der Waals surface area contributed by atoms with Crippen LogP contribution in [0.5, 0.6) is 0 Å². The van der Waals surface area contributed by atoms with Crippen molar-refractivity contribution >= 4 is 5.91 Å². The predicted octanol–water partition coefficient (Wildman–Crippen LogP) is 1.19. The fourth-order valence-electron chi connectivity index (χ4n) is 2.63. The molecular formula is C16H19N3O4. The molecule has 122 valence electrons. The highest BCUT2D eigenvalue weighted by Crippen LogP contribution is 2.16. The summed E-state index contributed by atoms with van der Waals surface area (Å²) in [7, 11) is 0. The van der Waals surface area contributed by atoms with E-state index < -0.39 is 5.76 Å². The van der Waals surface area contributed by atoms with Crippen molar-refractivity contribution in [1.82, 2.24) is 15.1 Å². The SMILES string of the molecule is CC(NC(=O)Cn1nc(-c2ccccc2)oc1=O)C1CCCO1. The van der Waals surface area contributed by atoms with Gasteiger partial charge in [-0.25, -0.2) is 4.79 Å². The lowest BCUT2D eigenvalue weighted by molar-refractivity contribution is -0.123. The van der Waals surface area contributed by atoms with Crippen LogP contribution in [0.15, 0.2) is 39.5 Å². The van der Waals surface area contributed by atoms with Crippen LogP contribution in [-0.4, -0.2) is 34.4 Å². The van der Waals surface area contributed by atoms with Crippen molar-refractivity contribution in [3.05, 3.63) is 40.9 Å². The van der Waals surface area contributed by atoms with Gasteiger partial charge in [-0.05, 0) is 31.9 Å². The molecule has 23 heavy (non-hydrogen) atoms. The van der Waals surface area contributed by atoms with Gasteiger partial charge in [-0.3, -0.25) is 4.79 Å². The highest BCUT2D eigenvalue weighted by molar-refractivity contribution is 5.76. The largest absolute Gasteiger partial charge is 0.437 e. The number of ether oxygens (including phenoxy) is 1. The Bertz CT molecular complexity index is 716. The fourth-order valence-corrected chi connectivity index (χ4v) is 2.63. The number of carbonyl (C=O) groups is 1. The summed E-state index contributed by atoms with van der Waals surface area (Å²) in [5, 5.41) is 6.91. The summed E-state index contributed by atoms with van der Waals surface area (Å²) in [5.41, 5.74) is 0.691. The molecule has 1 N–H and O–H groups in total. The lowest BCUT2D eigenvalue weighted by Crippen LogP contribution is -2.43. The first-order valence-electron chi connectivity index (χ1n) is 7.68. The van der Waals surface area contributed by atoms with Crippen LogP contribution in [0.25, 0.3) is 11.5 Å². The van der Waals surface area contributed by atoms with Crippen molar-refractivity contribution in [3.8, 4) is 11.5 Å². The summed E-state index contributed by atoms with van der Waals surface area (Å²) in [6.07, 6.45) is 1.98. The number of nitrogens with one attached hydrogen (secondary N) is 1. The molecule has 0 radical (unpaired) electrons. The van der Waals surface area contributed by atoms with Crippen LogP contribution in [0.3, 0.4) is 0 Å². The third-order valence-corrected chi connectivity index (χ3v) is 3.83. The van der Waals surface area contributed by atoms with Gasteiger partial charge in [-0.15, -0.1) is 5.10 Å². The van der Waals surface area contributed by atoms with Crippen molar-refractivity contribution < 1.29 is 13.9 Å². The van der Waals surface area contributed by atoms with E-state index in [0.29, 0.717) is 5.56 Å². The summed E-state index contributed by atoms with van der Waals surface area (Å²) < 4.78 is 11.7. The zero-order valence-electron chi connectivity index (χ0n) is 12.9. The van der Waals surface area contributed by atoms with Gasteiger partial charge in [0.1, 0.15) is 6.54 Å². The van der Waals surface area contributed by atoms with Gasteiger partial charge in [0.25, 0.3) is 0 Å². The summed E-state index contributed by atoms with van der Waals surface area (Å²) in [6.45, 7) is 2.45. The van der Waals surface area contributed by atoms with Crippen LogP contribution in [-0.2, 0) is 16.1 Å². The molecule has 0 saturated carbocycles. The average molecular weight is 317 g/mol. The maximum Gasteiger partial charge on any atom is 0.437 e. The number of amides is 1. The third kappa shape index (κ3) is 3.68. The first-order valence-corrected chi connectivity index (χ1v) is 7.68. The summed E-state index contributed by atoms with van der Waals surface area (Å²) >= 11 is 0. The Labute approximate surface area is 133 Å². The second kappa shape index (κ2) is 6.78. The van der Waals surface area contributed by atoms with E-state index in [-0.39, 0.29) is 30.5 Å². The number of rotatable bonds is 5. The molecule has 7 heteroatoms. The Morgan fingerprint density at radius 3 is 2.91 bits per heavy atom. The molecule has 0 aliphatic carbocycles. The lowest BCUT2D eigenvalue weighted by atomic mass is 10.1. The molecule has 2 aromatic rings. The van der Waals surface area contributed by atoms with Gasteiger partial charge in [0, 0.05) is 12.2 Å². The molecule has 1 aromatic carbocycles. The van der Waals surface area contributed by atoms with E-state index in [2.05, 4.69) is 10.4 Å². The predicted molar refractivity (Wildman–Crippen MR) is 82.8 cm³/mol. The van der Waals surface area contributed by atoms with Gasteiger partial charge >= 0.3 is 5.76 Å². The number of benzene rings is 1. The highest BCUT2D eigenvalue weighted by Gasteiger charge is 2.24. The maximum absolute atomic E-state index is 12.1. The molecule has 1 aromatic heterocycles. The Hall–Kier alpha value is -2.41. The number of hydrogen-bond acceptors (Lipinski definition) is 5. The summed E-state index contributed by atoms with van der Waals surface area (Å²) in [5.74, 6) is -0.734. The maximum atomic E-state index is 12.1. The minimum absolute atomic E-state index is 0.0351. The van der Waals surface area contributed by atoms with Gasteiger partial charge in [0.2, 0.25) is 11.8 Å². The second-order valence-corrected chi connectivity index (χ2v) is 5.60. The fraction of sp³-hybridized carbons (Fsp3) is 0.438. The Balaban J connectivity index is 1.64.